The van der Waals surface area contributed by atoms with Crippen LogP contribution in [0.1, 0.15) is 0 Å². The standard InChI is InChI=1S/C11H6F3NO/c12-7-3-1-4-8(13)11(7)16-10-6-2-5-9(14)15-10/h1-6H. The summed E-state index contributed by atoms with van der Waals surface area (Å²) in [6.07, 6.45) is 0. The predicted molar refractivity (Wildman–Crippen MR) is 50.6 cm³/mol. The molecule has 0 unspecified atom stereocenters. The van der Waals surface area contributed by atoms with Gasteiger partial charge in [-0.1, -0.05) is 12.1 Å². The Morgan fingerprint density at radius 2 is 1.50 bits per heavy atom. The summed E-state index contributed by atoms with van der Waals surface area (Å²) in [5.41, 5.74) is 0. The molecule has 0 aliphatic heterocycles. The second kappa shape index (κ2) is 4.22. The molecule has 0 amide bonds. The van der Waals surface area contributed by atoms with Gasteiger partial charge in [0.1, 0.15) is 0 Å². The van der Waals surface area contributed by atoms with Gasteiger partial charge in [-0.15, -0.1) is 0 Å². The minimum atomic E-state index is -0.869. The van der Waals surface area contributed by atoms with Crippen molar-refractivity contribution in [1.29, 1.82) is 0 Å². The zero-order valence-electron chi connectivity index (χ0n) is 7.95. The van der Waals surface area contributed by atoms with Crippen LogP contribution in [0.15, 0.2) is 36.4 Å². The molecule has 82 valence electrons. The number of hydrogen-bond donors (Lipinski definition) is 0. The van der Waals surface area contributed by atoms with E-state index in [0.717, 1.165) is 18.2 Å². The van der Waals surface area contributed by atoms with Crippen molar-refractivity contribution in [3.8, 4) is 11.6 Å². The molecule has 16 heavy (non-hydrogen) atoms. The van der Waals surface area contributed by atoms with E-state index in [-0.39, 0.29) is 5.88 Å². The number of rotatable bonds is 2. The molecule has 1 aromatic carbocycles. The van der Waals surface area contributed by atoms with Crippen LogP contribution in [0.5, 0.6) is 11.6 Å². The Morgan fingerprint density at radius 3 is 2.12 bits per heavy atom. The smallest absolute Gasteiger partial charge is 0.222 e. The van der Waals surface area contributed by atoms with Crippen molar-refractivity contribution < 1.29 is 17.9 Å². The Bertz CT molecular complexity index is 496. The Morgan fingerprint density at radius 1 is 0.875 bits per heavy atom. The zero-order valence-corrected chi connectivity index (χ0v) is 7.95. The van der Waals surface area contributed by atoms with Crippen LogP contribution in [0, 0.1) is 17.6 Å². The zero-order chi connectivity index (χ0) is 11.5. The van der Waals surface area contributed by atoms with E-state index in [9.17, 15) is 13.2 Å². The second-order valence-corrected chi connectivity index (χ2v) is 2.95. The fourth-order valence-electron chi connectivity index (χ4n) is 1.13. The minimum Gasteiger partial charge on any atom is -0.433 e. The number of aromatic nitrogens is 1. The summed E-state index contributed by atoms with van der Waals surface area (Å²) in [7, 11) is 0. The molecule has 0 N–H and O–H groups in total. The average Bonchev–Trinajstić information content (AvgIpc) is 2.24. The third-order valence-electron chi connectivity index (χ3n) is 1.82. The van der Waals surface area contributed by atoms with Crippen molar-refractivity contribution >= 4 is 0 Å². The Labute approximate surface area is 89.3 Å². The summed E-state index contributed by atoms with van der Waals surface area (Å²) in [4.78, 5) is 3.33. The largest absolute Gasteiger partial charge is 0.433 e. The van der Waals surface area contributed by atoms with Crippen molar-refractivity contribution in [2.45, 2.75) is 0 Å². The number of pyridine rings is 1. The minimum absolute atomic E-state index is 0.205. The number of halogens is 3. The van der Waals surface area contributed by atoms with E-state index in [0.29, 0.717) is 0 Å². The lowest BCUT2D eigenvalue weighted by molar-refractivity contribution is 0.388. The van der Waals surface area contributed by atoms with Crippen LogP contribution in [0.2, 0.25) is 0 Å². The van der Waals surface area contributed by atoms with Crippen molar-refractivity contribution in [1.82, 2.24) is 4.98 Å². The number of ether oxygens (including phenoxy) is 1. The van der Waals surface area contributed by atoms with Crippen molar-refractivity contribution in [2.75, 3.05) is 0 Å². The lowest BCUT2D eigenvalue weighted by Crippen LogP contribution is -1.95. The molecule has 5 heteroatoms. The van der Waals surface area contributed by atoms with Crippen LogP contribution < -0.4 is 4.74 Å². The highest BCUT2D eigenvalue weighted by molar-refractivity contribution is 5.30. The van der Waals surface area contributed by atoms with Gasteiger partial charge in [-0.25, -0.2) is 8.78 Å². The van der Waals surface area contributed by atoms with Crippen LogP contribution in [-0.2, 0) is 0 Å². The van der Waals surface area contributed by atoms with Gasteiger partial charge >= 0.3 is 0 Å². The predicted octanol–water partition coefficient (Wildman–Crippen LogP) is 3.29. The van der Waals surface area contributed by atoms with Gasteiger partial charge in [0, 0.05) is 6.07 Å². The topological polar surface area (TPSA) is 22.1 Å². The maximum atomic E-state index is 13.2. The molecular formula is C11H6F3NO. The van der Waals surface area contributed by atoms with Gasteiger partial charge in [-0.3, -0.25) is 0 Å². The van der Waals surface area contributed by atoms with Gasteiger partial charge < -0.3 is 4.74 Å². The van der Waals surface area contributed by atoms with E-state index >= 15 is 0 Å². The third kappa shape index (κ3) is 2.13. The first-order valence-corrected chi connectivity index (χ1v) is 4.41. The first kappa shape index (κ1) is 10.5. The molecule has 0 bridgehead atoms. The summed E-state index contributed by atoms with van der Waals surface area (Å²) < 4.78 is 43.8. The van der Waals surface area contributed by atoms with E-state index in [1.165, 1.54) is 18.2 Å². The van der Waals surface area contributed by atoms with E-state index < -0.39 is 23.3 Å². The molecule has 0 fully saturated rings. The van der Waals surface area contributed by atoms with E-state index in [2.05, 4.69) is 4.98 Å². The van der Waals surface area contributed by atoms with Gasteiger partial charge in [0.25, 0.3) is 0 Å². The Balaban J connectivity index is 2.34. The van der Waals surface area contributed by atoms with Crippen LogP contribution in [-0.4, -0.2) is 4.98 Å². The maximum absolute atomic E-state index is 13.2. The molecule has 0 spiro atoms. The quantitative estimate of drug-likeness (QED) is 0.731. The fourth-order valence-corrected chi connectivity index (χ4v) is 1.13. The normalized spacial score (nSPS) is 10.2. The number of nitrogens with zero attached hydrogens (tertiary/aromatic N) is 1. The van der Waals surface area contributed by atoms with Gasteiger partial charge in [0.2, 0.25) is 17.6 Å². The van der Waals surface area contributed by atoms with E-state index in [4.69, 9.17) is 4.74 Å². The van der Waals surface area contributed by atoms with Crippen molar-refractivity contribution in [3.63, 3.8) is 0 Å². The van der Waals surface area contributed by atoms with Crippen LogP contribution >= 0.6 is 0 Å². The highest BCUT2D eigenvalue weighted by Gasteiger charge is 2.11. The molecule has 0 aliphatic rings. The summed E-state index contributed by atoms with van der Waals surface area (Å²) in [6.45, 7) is 0. The molecule has 1 heterocycles. The summed E-state index contributed by atoms with van der Waals surface area (Å²) in [5.74, 6) is -3.32. The van der Waals surface area contributed by atoms with Crippen LogP contribution in [0.3, 0.4) is 0 Å². The number of benzene rings is 1. The Kier molecular flexibility index (Phi) is 2.76. The second-order valence-electron chi connectivity index (χ2n) is 2.95. The van der Waals surface area contributed by atoms with Crippen LogP contribution in [0.4, 0.5) is 13.2 Å². The molecule has 0 aliphatic carbocycles. The molecule has 0 radical (unpaired) electrons. The van der Waals surface area contributed by atoms with Crippen molar-refractivity contribution in [2.24, 2.45) is 0 Å². The molecule has 0 saturated carbocycles. The van der Waals surface area contributed by atoms with Gasteiger partial charge in [-0.05, 0) is 18.2 Å². The average molecular weight is 225 g/mol. The molecule has 2 aromatic rings. The molecule has 1 aromatic heterocycles. The molecule has 2 nitrogen and oxygen atoms in total. The van der Waals surface area contributed by atoms with E-state index in [1.54, 1.807) is 0 Å². The highest BCUT2D eigenvalue weighted by Crippen LogP contribution is 2.25. The van der Waals surface area contributed by atoms with Crippen LogP contribution in [0.25, 0.3) is 0 Å². The molecule has 2 rings (SSSR count). The SMILES string of the molecule is Fc1cccc(Oc2c(F)cccc2F)n1. The maximum Gasteiger partial charge on any atom is 0.222 e. The first-order valence-electron chi connectivity index (χ1n) is 4.41. The number of hydrogen-bond acceptors (Lipinski definition) is 2. The summed E-state index contributed by atoms with van der Waals surface area (Å²) >= 11 is 0. The molecule has 0 saturated heterocycles. The summed E-state index contributed by atoms with van der Waals surface area (Å²) in [5, 5.41) is 0. The highest BCUT2D eigenvalue weighted by atomic mass is 19.1. The lowest BCUT2D eigenvalue weighted by Gasteiger charge is -2.06. The molecule has 0 atom stereocenters. The van der Waals surface area contributed by atoms with Gasteiger partial charge in [-0.2, -0.15) is 9.37 Å². The fraction of sp³-hybridized carbons (Fsp3) is 0. The third-order valence-corrected chi connectivity index (χ3v) is 1.82. The summed E-state index contributed by atoms with van der Waals surface area (Å²) in [6, 6.07) is 7.02. The lowest BCUT2D eigenvalue weighted by atomic mass is 10.3. The van der Waals surface area contributed by atoms with E-state index in [1.807, 2.05) is 0 Å². The van der Waals surface area contributed by atoms with Crippen molar-refractivity contribution in [3.05, 3.63) is 54.0 Å². The number of para-hydroxylation sites is 1. The van der Waals surface area contributed by atoms with Gasteiger partial charge in [0.15, 0.2) is 11.6 Å². The molecular weight excluding hydrogens is 219 g/mol. The van der Waals surface area contributed by atoms with Gasteiger partial charge in [0.05, 0.1) is 0 Å². The first-order chi connectivity index (χ1) is 7.66. The Hall–Kier alpha value is -2.04. The monoisotopic (exact) mass is 225 g/mol.